The number of rotatable bonds is 4. The van der Waals surface area contributed by atoms with Crippen LogP contribution >= 0.6 is 0 Å². The number of carbonyl (C=O) groups is 1. The van der Waals surface area contributed by atoms with Crippen LogP contribution in [-0.4, -0.2) is 19.2 Å². The first-order chi connectivity index (χ1) is 10.0. The number of ether oxygens (including phenoxy) is 2. The summed E-state index contributed by atoms with van der Waals surface area (Å²) in [4.78, 5) is 12.3. The Kier molecular flexibility index (Phi) is 5.27. The predicted octanol–water partition coefficient (Wildman–Crippen LogP) is 4.31. The molecule has 1 aromatic rings. The van der Waals surface area contributed by atoms with Gasteiger partial charge in [0.25, 0.3) is 0 Å². The minimum absolute atomic E-state index is 0.0448. The van der Waals surface area contributed by atoms with Crippen molar-refractivity contribution in [2.75, 3.05) is 7.11 Å². The highest BCUT2D eigenvalue weighted by Gasteiger charge is 2.33. The fraction of sp³-hybridized carbons (Fsp3) is 0.611. The lowest BCUT2D eigenvalue weighted by atomic mass is 9.75. The van der Waals surface area contributed by atoms with Crippen LogP contribution in [0.3, 0.4) is 0 Å². The van der Waals surface area contributed by atoms with Crippen LogP contribution in [0.25, 0.3) is 0 Å². The molecule has 2 rings (SSSR count). The van der Waals surface area contributed by atoms with Gasteiger partial charge in [0.2, 0.25) is 0 Å². The van der Waals surface area contributed by atoms with E-state index in [0.717, 1.165) is 18.6 Å². The van der Waals surface area contributed by atoms with E-state index in [9.17, 15) is 4.79 Å². The lowest BCUT2D eigenvalue weighted by Crippen LogP contribution is -2.35. The van der Waals surface area contributed by atoms with E-state index in [1.54, 1.807) is 31.4 Å². The van der Waals surface area contributed by atoms with Crippen molar-refractivity contribution in [3.8, 4) is 5.75 Å². The van der Waals surface area contributed by atoms with Gasteiger partial charge in [0.05, 0.1) is 12.7 Å². The molecule has 21 heavy (non-hydrogen) atoms. The van der Waals surface area contributed by atoms with Gasteiger partial charge in [-0.25, -0.2) is 4.79 Å². The fourth-order valence-corrected chi connectivity index (χ4v) is 3.18. The standard InChI is InChI=1S/C18H26O3/c1-12(2)16-10-5-13(3)11-17(16)21-18(19)14-6-8-15(20-4)9-7-14/h6-9,12-13,16-17H,5,10-11H2,1-4H3. The fourth-order valence-electron chi connectivity index (χ4n) is 3.18. The Morgan fingerprint density at radius 3 is 2.43 bits per heavy atom. The third-order valence-corrected chi connectivity index (χ3v) is 4.55. The summed E-state index contributed by atoms with van der Waals surface area (Å²) in [5, 5.41) is 0. The first-order valence-electron chi connectivity index (χ1n) is 7.86. The maximum Gasteiger partial charge on any atom is 0.338 e. The van der Waals surface area contributed by atoms with E-state index >= 15 is 0 Å². The van der Waals surface area contributed by atoms with Crippen LogP contribution in [0, 0.1) is 17.8 Å². The highest BCUT2D eigenvalue weighted by atomic mass is 16.5. The molecule has 0 bridgehead atoms. The maximum absolute atomic E-state index is 12.3. The Morgan fingerprint density at radius 1 is 1.19 bits per heavy atom. The smallest absolute Gasteiger partial charge is 0.338 e. The molecule has 1 aromatic carbocycles. The summed E-state index contributed by atoms with van der Waals surface area (Å²) in [6.45, 7) is 6.68. The molecule has 0 radical (unpaired) electrons. The summed E-state index contributed by atoms with van der Waals surface area (Å²) in [6, 6.07) is 7.11. The van der Waals surface area contributed by atoms with Gasteiger partial charge >= 0.3 is 5.97 Å². The number of esters is 1. The molecule has 0 aliphatic heterocycles. The average Bonchev–Trinajstić information content (AvgIpc) is 2.47. The summed E-state index contributed by atoms with van der Waals surface area (Å²) in [6.07, 6.45) is 3.41. The van der Waals surface area contributed by atoms with Crippen molar-refractivity contribution < 1.29 is 14.3 Å². The monoisotopic (exact) mass is 290 g/mol. The number of hydrogen-bond donors (Lipinski definition) is 0. The van der Waals surface area contributed by atoms with E-state index in [0.29, 0.717) is 23.3 Å². The topological polar surface area (TPSA) is 35.5 Å². The van der Waals surface area contributed by atoms with Crippen molar-refractivity contribution in [1.82, 2.24) is 0 Å². The van der Waals surface area contributed by atoms with Gasteiger partial charge in [-0.05, 0) is 54.9 Å². The molecule has 0 saturated heterocycles. The molecule has 1 aliphatic carbocycles. The van der Waals surface area contributed by atoms with Gasteiger partial charge in [-0.3, -0.25) is 0 Å². The van der Waals surface area contributed by atoms with Gasteiger partial charge in [0, 0.05) is 0 Å². The van der Waals surface area contributed by atoms with Gasteiger partial charge in [0.1, 0.15) is 11.9 Å². The van der Waals surface area contributed by atoms with Crippen molar-refractivity contribution in [3.63, 3.8) is 0 Å². The van der Waals surface area contributed by atoms with Crippen LogP contribution in [0.5, 0.6) is 5.75 Å². The molecule has 0 spiro atoms. The summed E-state index contributed by atoms with van der Waals surface area (Å²) >= 11 is 0. The largest absolute Gasteiger partial charge is 0.497 e. The van der Waals surface area contributed by atoms with Crippen LogP contribution in [-0.2, 0) is 4.74 Å². The second kappa shape index (κ2) is 6.97. The molecule has 3 unspecified atom stereocenters. The van der Waals surface area contributed by atoms with Gasteiger partial charge in [-0.15, -0.1) is 0 Å². The van der Waals surface area contributed by atoms with E-state index in [4.69, 9.17) is 9.47 Å². The lowest BCUT2D eigenvalue weighted by Gasteiger charge is -2.36. The summed E-state index contributed by atoms with van der Waals surface area (Å²) < 4.78 is 10.9. The highest BCUT2D eigenvalue weighted by molar-refractivity contribution is 5.89. The lowest BCUT2D eigenvalue weighted by molar-refractivity contribution is -0.0174. The van der Waals surface area contributed by atoms with Gasteiger partial charge in [-0.1, -0.05) is 27.2 Å². The zero-order valence-electron chi connectivity index (χ0n) is 13.5. The zero-order chi connectivity index (χ0) is 15.4. The van der Waals surface area contributed by atoms with E-state index < -0.39 is 0 Å². The van der Waals surface area contributed by atoms with Crippen molar-refractivity contribution in [1.29, 1.82) is 0 Å². The van der Waals surface area contributed by atoms with E-state index in [1.807, 2.05) is 0 Å². The van der Waals surface area contributed by atoms with E-state index in [2.05, 4.69) is 20.8 Å². The van der Waals surface area contributed by atoms with Crippen LogP contribution in [0.15, 0.2) is 24.3 Å². The SMILES string of the molecule is COc1ccc(C(=O)OC2CC(C)CCC2C(C)C)cc1. The van der Waals surface area contributed by atoms with Crippen LogP contribution < -0.4 is 4.74 Å². The van der Waals surface area contributed by atoms with Gasteiger partial charge in [-0.2, -0.15) is 0 Å². The molecule has 3 atom stereocenters. The number of methoxy groups -OCH3 is 1. The number of benzene rings is 1. The molecule has 116 valence electrons. The van der Waals surface area contributed by atoms with Crippen LogP contribution in [0.1, 0.15) is 50.4 Å². The molecule has 3 heteroatoms. The third kappa shape index (κ3) is 3.99. The molecule has 0 N–H and O–H groups in total. The third-order valence-electron chi connectivity index (χ3n) is 4.55. The Balaban J connectivity index is 2.04. The molecular formula is C18H26O3. The summed E-state index contributed by atoms with van der Waals surface area (Å²) in [5.74, 6) is 2.18. The second-order valence-corrected chi connectivity index (χ2v) is 6.50. The minimum Gasteiger partial charge on any atom is -0.497 e. The van der Waals surface area contributed by atoms with E-state index in [-0.39, 0.29) is 12.1 Å². The van der Waals surface area contributed by atoms with Crippen molar-refractivity contribution in [2.24, 2.45) is 17.8 Å². The molecule has 3 nitrogen and oxygen atoms in total. The van der Waals surface area contributed by atoms with Crippen molar-refractivity contribution >= 4 is 5.97 Å². The Bertz CT molecular complexity index is 464. The number of carbonyl (C=O) groups excluding carboxylic acids is 1. The molecular weight excluding hydrogens is 264 g/mol. The maximum atomic E-state index is 12.3. The Hall–Kier alpha value is -1.51. The minimum atomic E-state index is -0.220. The van der Waals surface area contributed by atoms with Gasteiger partial charge in [0.15, 0.2) is 0 Å². The zero-order valence-corrected chi connectivity index (χ0v) is 13.5. The predicted molar refractivity (Wildman–Crippen MR) is 83.5 cm³/mol. The first-order valence-corrected chi connectivity index (χ1v) is 7.86. The van der Waals surface area contributed by atoms with Crippen molar-refractivity contribution in [2.45, 2.75) is 46.1 Å². The highest BCUT2D eigenvalue weighted by Crippen LogP contribution is 2.35. The van der Waals surface area contributed by atoms with Crippen molar-refractivity contribution in [3.05, 3.63) is 29.8 Å². The normalized spacial score (nSPS) is 25.7. The molecule has 0 heterocycles. The Morgan fingerprint density at radius 2 is 1.86 bits per heavy atom. The quantitative estimate of drug-likeness (QED) is 0.775. The Labute approximate surface area is 127 Å². The molecule has 0 amide bonds. The average molecular weight is 290 g/mol. The second-order valence-electron chi connectivity index (χ2n) is 6.50. The molecule has 1 saturated carbocycles. The first kappa shape index (κ1) is 15.9. The van der Waals surface area contributed by atoms with Crippen LogP contribution in [0.4, 0.5) is 0 Å². The molecule has 1 aliphatic rings. The molecule has 0 aromatic heterocycles. The summed E-state index contributed by atoms with van der Waals surface area (Å²) in [7, 11) is 1.62. The summed E-state index contributed by atoms with van der Waals surface area (Å²) in [5.41, 5.74) is 0.594. The van der Waals surface area contributed by atoms with Crippen LogP contribution in [0.2, 0.25) is 0 Å². The van der Waals surface area contributed by atoms with Gasteiger partial charge < -0.3 is 9.47 Å². The van der Waals surface area contributed by atoms with E-state index in [1.165, 1.54) is 6.42 Å². The number of hydrogen-bond acceptors (Lipinski definition) is 3. The molecule has 1 fully saturated rings.